The number of halogens is 1. The standard InChI is InChI=1S/C16H26FN/c1-6-7-18-15(8-11(2)3)16-13(5)9-12(4)10-14(16)17/h9-11,15,18H,6-8H2,1-5H3. The zero-order valence-corrected chi connectivity index (χ0v) is 12.3. The monoisotopic (exact) mass is 251 g/mol. The highest BCUT2D eigenvalue weighted by atomic mass is 19.1. The Morgan fingerprint density at radius 3 is 2.39 bits per heavy atom. The second-order valence-electron chi connectivity index (χ2n) is 5.61. The van der Waals surface area contributed by atoms with E-state index in [9.17, 15) is 4.39 Å². The third-order valence-electron chi connectivity index (χ3n) is 3.18. The van der Waals surface area contributed by atoms with Crippen molar-refractivity contribution in [3.8, 4) is 0 Å². The summed E-state index contributed by atoms with van der Waals surface area (Å²) < 4.78 is 14.2. The average molecular weight is 251 g/mol. The topological polar surface area (TPSA) is 12.0 Å². The molecule has 0 aliphatic rings. The minimum absolute atomic E-state index is 0.0678. The van der Waals surface area contributed by atoms with Crippen LogP contribution < -0.4 is 5.32 Å². The molecule has 0 saturated carbocycles. The molecule has 0 aliphatic carbocycles. The van der Waals surface area contributed by atoms with E-state index in [1.54, 1.807) is 6.07 Å². The molecule has 0 fully saturated rings. The van der Waals surface area contributed by atoms with E-state index in [1.165, 1.54) is 0 Å². The van der Waals surface area contributed by atoms with E-state index >= 15 is 0 Å². The van der Waals surface area contributed by atoms with E-state index in [4.69, 9.17) is 0 Å². The summed E-state index contributed by atoms with van der Waals surface area (Å²) >= 11 is 0. The summed E-state index contributed by atoms with van der Waals surface area (Å²) in [6, 6.07) is 3.84. The molecule has 0 bridgehead atoms. The van der Waals surface area contributed by atoms with Crippen molar-refractivity contribution in [2.75, 3.05) is 6.54 Å². The summed E-state index contributed by atoms with van der Waals surface area (Å²) in [6.45, 7) is 11.4. The van der Waals surface area contributed by atoms with Gasteiger partial charge in [-0.15, -0.1) is 0 Å². The van der Waals surface area contributed by atoms with Gasteiger partial charge in [-0.05, 0) is 56.3 Å². The summed E-state index contributed by atoms with van der Waals surface area (Å²) in [6.07, 6.45) is 2.04. The van der Waals surface area contributed by atoms with Crippen molar-refractivity contribution in [2.24, 2.45) is 5.92 Å². The molecule has 0 radical (unpaired) electrons. The van der Waals surface area contributed by atoms with Crippen LogP contribution >= 0.6 is 0 Å². The Morgan fingerprint density at radius 2 is 1.89 bits per heavy atom. The molecule has 0 aromatic heterocycles. The number of rotatable bonds is 6. The van der Waals surface area contributed by atoms with Gasteiger partial charge in [0, 0.05) is 11.6 Å². The van der Waals surface area contributed by atoms with E-state index in [2.05, 4.69) is 32.2 Å². The summed E-state index contributed by atoms with van der Waals surface area (Å²) in [4.78, 5) is 0. The number of aryl methyl sites for hydroxylation is 2. The molecule has 1 atom stereocenters. The zero-order valence-electron chi connectivity index (χ0n) is 12.3. The fourth-order valence-electron chi connectivity index (χ4n) is 2.46. The molecule has 1 unspecified atom stereocenters. The molecule has 0 heterocycles. The maximum atomic E-state index is 14.2. The fourth-order valence-corrected chi connectivity index (χ4v) is 2.46. The highest BCUT2D eigenvalue weighted by Crippen LogP contribution is 2.27. The number of benzene rings is 1. The van der Waals surface area contributed by atoms with Gasteiger partial charge in [0.05, 0.1) is 0 Å². The Balaban J connectivity index is 3.03. The third-order valence-corrected chi connectivity index (χ3v) is 3.18. The summed E-state index contributed by atoms with van der Waals surface area (Å²) in [7, 11) is 0. The van der Waals surface area contributed by atoms with E-state index < -0.39 is 0 Å². The van der Waals surface area contributed by atoms with Crippen LogP contribution in [0.15, 0.2) is 12.1 Å². The minimum atomic E-state index is -0.0678. The molecule has 1 N–H and O–H groups in total. The van der Waals surface area contributed by atoms with Crippen LogP contribution in [-0.4, -0.2) is 6.54 Å². The molecular formula is C16H26FN. The van der Waals surface area contributed by atoms with Crippen LogP contribution in [0.3, 0.4) is 0 Å². The van der Waals surface area contributed by atoms with E-state index in [0.29, 0.717) is 5.92 Å². The zero-order chi connectivity index (χ0) is 13.7. The predicted molar refractivity (Wildman–Crippen MR) is 76.4 cm³/mol. The van der Waals surface area contributed by atoms with Gasteiger partial charge in [0.15, 0.2) is 0 Å². The number of hydrogen-bond acceptors (Lipinski definition) is 1. The normalized spacial score (nSPS) is 13.1. The Labute approximate surface area is 111 Å². The van der Waals surface area contributed by atoms with Crippen LogP contribution in [-0.2, 0) is 0 Å². The van der Waals surface area contributed by atoms with Crippen molar-refractivity contribution in [2.45, 2.75) is 53.5 Å². The van der Waals surface area contributed by atoms with E-state index in [-0.39, 0.29) is 11.9 Å². The van der Waals surface area contributed by atoms with Crippen molar-refractivity contribution >= 4 is 0 Å². The molecular weight excluding hydrogens is 225 g/mol. The molecule has 1 aromatic carbocycles. The maximum absolute atomic E-state index is 14.2. The Hall–Kier alpha value is -0.890. The first-order valence-electron chi connectivity index (χ1n) is 6.95. The highest BCUT2D eigenvalue weighted by Gasteiger charge is 2.19. The van der Waals surface area contributed by atoms with Crippen molar-refractivity contribution in [3.05, 3.63) is 34.6 Å². The molecule has 0 aliphatic heterocycles. The van der Waals surface area contributed by atoms with E-state index in [1.807, 2.05) is 13.8 Å². The lowest BCUT2D eigenvalue weighted by Gasteiger charge is -2.23. The average Bonchev–Trinajstić information content (AvgIpc) is 2.23. The molecule has 0 amide bonds. The van der Waals surface area contributed by atoms with Gasteiger partial charge >= 0.3 is 0 Å². The smallest absolute Gasteiger partial charge is 0.128 e. The van der Waals surface area contributed by atoms with Gasteiger partial charge in [0.25, 0.3) is 0 Å². The van der Waals surface area contributed by atoms with Crippen LogP contribution in [0.4, 0.5) is 4.39 Å². The Bertz CT molecular complexity index is 362. The van der Waals surface area contributed by atoms with Crippen LogP contribution in [0.2, 0.25) is 0 Å². The third kappa shape index (κ3) is 4.09. The predicted octanol–water partition coefficient (Wildman–Crippen LogP) is 4.53. The van der Waals surface area contributed by atoms with Crippen molar-refractivity contribution in [1.29, 1.82) is 0 Å². The molecule has 2 heteroatoms. The quantitative estimate of drug-likeness (QED) is 0.783. The van der Waals surface area contributed by atoms with Crippen molar-refractivity contribution in [1.82, 2.24) is 5.32 Å². The van der Waals surface area contributed by atoms with Gasteiger partial charge < -0.3 is 5.32 Å². The molecule has 1 nitrogen and oxygen atoms in total. The minimum Gasteiger partial charge on any atom is -0.310 e. The van der Waals surface area contributed by atoms with Gasteiger partial charge in [-0.3, -0.25) is 0 Å². The van der Waals surface area contributed by atoms with Gasteiger partial charge in [-0.2, -0.15) is 0 Å². The first-order chi connectivity index (χ1) is 8.45. The van der Waals surface area contributed by atoms with Gasteiger partial charge in [0.1, 0.15) is 5.82 Å². The maximum Gasteiger partial charge on any atom is 0.128 e. The Morgan fingerprint density at radius 1 is 1.22 bits per heavy atom. The molecule has 0 saturated heterocycles. The first-order valence-corrected chi connectivity index (χ1v) is 6.95. The van der Waals surface area contributed by atoms with Crippen molar-refractivity contribution < 1.29 is 4.39 Å². The fraction of sp³-hybridized carbons (Fsp3) is 0.625. The van der Waals surface area contributed by atoms with E-state index in [0.717, 1.165) is 36.1 Å². The lowest BCUT2D eigenvalue weighted by atomic mass is 9.92. The number of nitrogens with one attached hydrogen (secondary N) is 1. The van der Waals surface area contributed by atoms with Crippen LogP contribution in [0, 0.1) is 25.6 Å². The molecule has 102 valence electrons. The molecule has 18 heavy (non-hydrogen) atoms. The SMILES string of the molecule is CCCNC(CC(C)C)c1c(C)cc(C)cc1F. The lowest BCUT2D eigenvalue weighted by Crippen LogP contribution is -2.25. The van der Waals surface area contributed by atoms with Crippen LogP contribution in [0.5, 0.6) is 0 Å². The second-order valence-corrected chi connectivity index (χ2v) is 5.61. The van der Waals surface area contributed by atoms with Gasteiger partial charge in [0.2, 0.25) is 0 Å². The van der Waals surface area contributed by atoms with Crippen LogP contribution in [0.25, 0.3) is 0 Å². The van der Waals surface area contributed by atoms with Gasteiger partial charge in [-0.25, -0.2) is 4.39 Å². The largest absolute Gasteiger partial charge is 0.310 e. The lowest BCUT2D eigenvalue weighted by molar-refractivity contribution is 0.414. The number of hydrogen-bond donors (Lipinski definition) is 1. The summed E-state index contributed by atoms with van der Waals surface area (Å²) in [5, 5.41) is 3.48. The molecule has 1 rings (SSSR count). The second kappa shape index (κ2) is 6.89. The molecule has 0 spiro atoms. The van der Waals surface area contributed by atoms with Crippen LogP contribution in [0.1, 0.15) is 56.3 Å². The summed E-state index contributed by atoms with van der Waals surface area (Å²) in [5.41, 5.74) is 2.90. The summed E-state index contributed by atoms with van der Waals surface area (Å²) in [5.74, 6) is 0.487. The van der Waals surface area contributed by atoms with Crippen molar-refractivity contribution in [3.63, 3.8) is 0 Å². The highest BCUT2D eigenvalue weighted by molar-refractivity contribution is 5.34. The van der Waals surface area contributed by atoms with Gasteiger partial charge in [-0.1, -0.05) is 26.8 Å². The Kier molecular flexibility index (Phi) is 5.80. The first kappa shape index (κ1) is 15.2. The molecule has 1 aromatic rings.